The van der Waals surface area contributed by atoms with Crippen LogP contribution in [0.1, 0.15) is 4.88 Å². The van der Waals surface area contributed by atoms with Gasteiger partial charge in [-0.15, -0.1) is 11.3 Å². The summed E-state index contributed by atoms with van der Waals surface area (Å²) in [4.78, 5) is 31.0. The lowest BCUT2D eigenvalue weighted by Crippen LogP contribution is -2.34. The fraction of sp³-hybridized carbons (Fsp3) is 0.278. The number of hydrogen-bond donors (Lipinski definition) is 1. The van der Waals surface area contributed by atoms with Crippen molar-refractivity contribution in [2.45, 2.75) is 13.5 Å². The number of fused-ring (bicyclic) bond motifs is 1. The second kappa shape index (κ2) is 7.58. The van der Waals surface area contributed by atoms with Gasteiger partial charge in [-0.2, -0.15) is 0 Å². The highest BCUT2D eigenvalue weighted by atomic mass is 32.1. The molecule has 0 saturated carbocycles. The van der Waals surface area contributed by atoms with Crippen molar-refractivity contribution < 1.29 is 9.53 Å². The number of rotatable bonds is 6. The Morgan fingerprint density at radius 3 is 2.80 bits per heavy atom. The van der Waals surface area contributed by atoms with Crippen LogP contribution in [0.3, 0.4) is 0 Å². The van der Waals surface area contributed by atoms with Gasteiger partial charge in [-0.1, -0.05) is 30.3 Å². The number of amides is 1. The molecule has 3 rings (SSSR count). The van der Waals surface area contributed by atoms with Gasteiger partial charge in [0.1, 0.15) is 11.4 Å². The number of carbonyl (C=O) groups is 1. The Morgan fingerprint density at radius 1 is 1.32 bits per heavy atom. The molecule has 2 aromatic heterocycles. The van der Waals surface area contributed by atoms with Crippen molar-refractivity contribution in [2.75, 3.05) is 20.3 Å². The van der Waals surface area contributed by atoms with E-state index in [4.69, 9.17) is 4.74 Å². The summed E-state index contributed by atoms with van der Waals surface area (Å²) < 4.78 is 6.25. The highest BCUT2D eigenvalue weighted by molar-refractivity contribution is 7.19. The van der Waals surface area contributed by atoms with Gasteiger partial charge in [-0.25, -0.2) is 4.98 Å². The molecule has 0 aliphatic carbocycles. The molecule has 0 bridgehead atoms. The number of nitrogens with one attached hydrogen (secondary N) is 1. The molecule has 0 fully saturated rings. The molecule has 1 amide bonds. The molecule has 1 aromatic carbocycles. The largest absolute Gasteiger partial charge is 0.383 e. The third-order valence-electron chi connectivity index (χ3n) is 3.86. The molecule has 0 spiro atoms. The van der Waals surface area contributed by atoms with Crippen molar-refractivity contribution in [2.24, 2.45) is 0 Å². The standard InChI is InChI=1S/C18H19N3O3S/c1-12-15(13-6-4-3-5-7-13)16-17(25-12)20-11-21(18(16)23)10-14(22)19-8-9-24-2/h3-7,11H,8-10H2,1-2H3,(H,19,22). The van der Waals surface area contributed by atoms with Crippen LogP contribution >= 0.6 is 11.3 Å². The topological polar surface area (TPSA) is 73.2 Å². The summed E-state index contributed by atoms with van der Waals surface area (Å²) in [5.41, 5.74) is 1.68. The van der Waals surface area contributed by atoms with Gasteiger partial charge in [0.15, 0.2) is 0 Å². The fourth-order valence-corrected chi connectivity index (χ4v) is 3.71. The number of aryl methyl sites for hydroxylation is 1. The van der Waals surface area contributed by atoms with Gasteiger partial charge in [-0.3, -0.25) is 14.2 Å². The van der Waals surface area contributed by atoms with Gasteiger partial charge in [0.25, 0.3) is 5.56 Å². The van der Waals surface area contributed by atoms with Crippen LogP contribution in [0.4, 0.5) is 0 Å². The number of methoxy groups -OCH3 is 1. The first-order valence-electron chi connectivity index (χ1n) is 7.91. The first-order valence-corrected chi connectivity index (χ1v) is 8.73. The first kappa shape index (κ1) is 17.3. The minimum Gasteiger partial charge on any atom is -0.383 e. The van der Waals surface area contributed by atoms with Crippen LogP contribution in [0.5, 0.6) is 0 Å². The molecule has 1 N–H and O–H groups in total. The second-order valence-electron chi connectivity index (χ2n) is 5.60. The summed E-state index contributed by atoms with van der Waals surface area (Å²) in [7, 11) is 1.57. The fourth-order valence-electron chi connectivity index (χ4n) is 2.71. The van der Waals surface area contributed by atoms with Gasteiger partial charge >= 0.3 is 0 Å². The van der Waals surface area contributed by atoms with E-state index in [2.05, 4.69) is 10.3 Å². The molecule has 2 heterocycles. The Bertz CT molecular complexity index is 947. The normalized spacial score (nSPS) is 11.0. The van der Waals surface area contributed by atoms with E-state index in [0.717, 1.165) is 16.0 Å². The van der Waals surface area contributed by atoms with E-state index in [-0.39, 0.29) is 18.0 Å². The van der Waals surface area contributed by atoms with E-state index in [1.165, 1.54) is 22.2 Å². The summed E-state index contributed by atoms with van der Waals surface area (Å²) in [5, 5.41) is 3.28. The number of aromatic nitrogens is 2. The molecule has 130 valence electrons. The molecule has 0 atom stereocenters. The highest BCUT2D eigenvalue weighted by Crippen LogP contribution is 2.35. The Morgan fingerprint density at radius 2 is 2.08 bits per heavy atom. The molecule has 0 aliphatic heterocycles. The van der Waals surface area contributed by atoms with Crippen molar-refractivity contribution in [3.05, 3.63) is 51.9 Å². The first-order chi connectivity index (χ1) is 12.1. The summed E-state index contributed by atoms with van der Waals surface area (Å²) in [6.45, 7) is 2.76. The van der Waals surface area contributed by atoms with E-state index in [0.29, 0.717) is 23.4 Å². The molecular weight excluding hydrogens is 338 g/mol. The summed E-state index contributed by atoms with van der Waals surface area (Å²) in [5.74, 6) is -0.242. The van der Waals surface area contributed by atoms with Crippen LogP contribution in [0.2, 0.25) is 0 Å². The zero-order valence-electron chi connectivity index (χ0n) is 14.1. The van der Waals surface area contributed by atoms with E-state index in [1.807, 2.05) is 37.3 Å². The Hall–Kier alpha value is -2.51. The van der Waals surface area contributed by atoms with E-state index < -0.39 is 0 Å². The molecular formula is C18H19N3O3S. The number of nitrogens with zero attached hydrogens (tertiary/aromatic N) is 2. The van der Waals surface area contributed by atoms with E-state index in [9.17, 15) is 9.59 Å². The third-order valence-corrected chi connectivity index (χ3v) is 4.87. The van der Waals surface area contributed by atoms with Crippen LogP contribution in [0, 0.1) is 6.92 Å². The maximum absolute atomic E-state index is 12.9. The van der Waals surface area contributed by atoms with Crippen LogP contribution in [-0.2, 0) is 16.1 Å². The van der Waals surface area contributed by atoms with Gasteiger partial charge in [-0.05, 0) is 12.5 Å². The van der Waals surface area contributed by atoms with Gasteiger partial charge in [0.2, 0.25) is 5.91 Å². The van der Waals surface area contributed by atoms with Crippen LogP contribution in [0.25, 0.3) is 21.3 Å². The average Bonchev–Trinajstić information content (AvgIpc) is 2.95. The summed E-state index contributed by atoms with van der Waals surface area (Å²) >= 11 is 1.49. The highest BCUT2D eigenvalue weighted by Gasteiger charge is 2.17. The molecule has 0 radical (unpaired) electrons. The molecule has 3 aromatic rings. The van der Waals surface area contributed by atoms with Crippen molar-refractivity contribution in [1.29, 1.82) is 0 Å². The predicted octanol–water partition coefficient (Wildman–Crippen LogP) is 2.20. The van der Waals surface area contributed by atoms with Crippen LogP contribution in [0.15, 0.2) is 41.5 Å². The minimum atomic E-state index is -0.242. The number of benzene rings is 1. The lowest BCUT2D eigenvalue weighted by molar-refractivity contribution is -0.121. The summed E-state index contributed by atoms with van der Waals surface area (Å²) in [6.07, 6.45) is 1.44. The van der Waals surface area contributed by atoms with E-state index >= 15 is 0 Å². The zero-order chi connectivity index (χ0) is 17.8. The number of carbonyl (C=O) groups excluding carboxylic acids is 1. The van der Waals surface area contributed by atoms with E-state index in [1.54, 1.807) is 7.11 Å². The van der Waals surface area contributed by atoms with Gasteiger partial charge < -0.3 is 10.1 Å². The minimum absolute atomic E-state index is 0.0609. The van der Waals surface area contributed by atoms with Crippen molar-refractivity contribution in [3.63, 3.8) is 0 Å². The van der Waals surface area contributed by atoms with Crippen molar-refractivity contribution >= 4 is 27.5 Å². The monoisotopic (exact) mass is 357 g/mol. The average molecular weight is 357 g/mol. The summed E-state index contributed by atoms with van der Waals surface area (Å²) in [6, 6.07) is 9.77. The molecule has 7 heteroatoms. The van der Waals surface area contributed by atoms with Crippen molar-refractivity contribution in [1.82, 2.24) is 14.9 Å². The molecule has 0 saturated heterocycles. The number of hydrogen-bond acceptors (Lipinski definition) is 5. The lowest BCUT2D eigenvalue weighted by atomic mass is 10.0. The Kier molecular flexibility index (Phi) is 5.25. The molecule has 0 unspecified atom stereocenters. The predicted molar refractivity (Wildman–Crippen MR) is 98.9 cm³/mol. The van der Waals surface area contributed by atoms with Gasteiger partial charge in [0.05, 0.1) is 18.3 Å². The third kappa shape index (κ3) is 3.62. The van der Waals surface area contributed by atoms with Crippen molar-refractivity contribution in [3.8, 4) is 11.1 Å². The molecule has 0 aliphatic rings. The molecule has 25 heavy (non-hydrogen) atoms. The number of ether oxygens (including phenoxy) is 1. The quantitative estimate of drug-likeness (QED) is 0.687. The smallest absolute Gasteiger partial charge is 0.263 e. The maximum Gasteiger partial charge on any atom is 0.263 e. The lowest BCUT2D eigenvalue weighted by Gasteiger charge is -2.07. The Balaban J connectivity index is 1.99. The second-order valence-corrected chi connectivity index (χ2v) is 6.80. The SMILES string of the molecule is COCCNC(=O)Cn1cnc2sc(C)c(-c3ccccc3)c2c1=O. The molecule has 6 nitrogen and oxygen atoms in total. The van der Waals surface area contributed by atoms with Gasteiger partial charge in [0, 0.05) is 24.1 Å². The maximum atomic E-state index is 12.9. The van der Waals surface area contributed by atoms with Crippen LogP contribution in [-0.4, -0.2) is 35.7 Å². The van der Waals surface area contributed by atoms with Crippen LogP contribution < -0.4 is 10.9 Å². The zero-order valence-corrected chi connectivity index (χ0v) is 14.9. The Labute approximate surface area is 149 Å². The number of thiophene rings is 1.